The lowest BCUT2D eigenvalue weighted by Crippen LogP contribution is -2.34. The number of carbonyl (C=O) groups is 3. The van der Waals surface area contributed by atoms with E-state index in [1.807, 2.05) is 32.1 Å². The summed E-state index contributed by atoms with van der Waals surface area (Å²) in [5.41, 5.74) is 18.0. The van der Waals surface area contributed by atoms with Crippen molar-refractivity contribution in [3.05, 3.63) is 182 Å². The number of hydrogen-bond acceptors (Lipinski definition) is 4. The zero-order valence-corrected chi connectivity index (χ0v) is 52.3. The minimum absolute atomic E-state index is 0.0380. The third-order valence-electron chi connectivity index (χ3n) is 21.0. The van der Waals surface area contributed by atoms with E-state index in [0.29, 0.717) is 11.8 Å². The van der Waals surface area contributed by atoms with Crippen LogP contribution in [-0.2, 0) is 58.3 Å². The number of benzene rings is 3. The summed E-state index contributed by atoms with van der Waals surface area (Å²) in [6.07, 6.45) is 27.8. The van der Waals surface area contributed by atoms with Crippen molar-refractivity contribution in [2.75, 3.05) is 0 Å². The molecular formula is C74H97NO6. The molecule has 0 amide bonds. The number of aromatic nitrogens is 1. The van der Waals surface area contributed by atoms with E-state index in [0.717, 1.165) is 42.5 Å². The zero-order valence-electron chi connectivity index (χ0n) is 52.3. The van der Waals surface area contributed by atoms with Gasteiger partial charge in [-0.15, -0.1) is 0 Å². The zero-order chi connectivity index (χ0) is 59.5. The van der Waals surface area contributed by atoms with Crippen molar-refractivity contribution in [1.82, 2.24) is 4.98 Å². The topological polar surface area (TPSA) is 125 Å². The third kappa shape index (κ3) is 12.5. The Labute approximate surface area is 487 Å². The molecule has 0 saturated heterocycles. The van der Waals surface area contributed by atoms with Crippen LogP contribution in [0.1, 0.15) is 260 Å². The molecule has 4 aromatic rings. The lowest BCUT2D eigenvalue weighted by atomic mass is 9.62. The summed E-state index contributed by atoms with van der Waals surface area (Å²) in [6.45, 7) is 36.7. The van der Waals surface area contributed by atoms with Gasteiger partial charge in [0.05, 0.1) is 11.3 Å². The molecule has 3 fully saturated rings. The molecule has 6 aliphatic rings. The summed E-state index contributed by atoms with van der Waals surface area (Å²) in [5, 5.41) is 26.9. The Bertz CT molecular complexity index is 3180. The van der Waals surface area contributed by atoms with E-state index in [4.69, 9.17) is 15.3 Å². The fourth-order valence-corrected chi connectivity index (χ4v) is 14.6. The van der Waals surface area contributed by atoms with E-state index >= 15 is 0 Å². The number of rotatable bonds is 14. The highest BCUT2D eigenvalue weighted by Gasteiger charge is 2.55. The van der Waals surface area contributed by atoms with E-state index < -0.39 is 17.9 Å². The first kappa shape index (κ1) is 61.3. The average molecular weight is 1100 g/mol. The van der Waals surface area contributed by atoms with E-state index in [-0.39, 0.29) is 54.3 Å². The first-order chi connectivity index (χ1) is 37.7. The van der Waals surface area contributed by atoms with Crippen molar-refractivity contribution in [2.24, 2.45) is 11.8 Å². The minimum Gasteiger partial charge on any atom is -0.478 e. The molecule has 7 heteroatoms. The molecule has 434 valence electrons. The molecule has 81 heavy (non-hydrogen) atoms. The molecule has 3 N–H and O–H groups in total. The van der Waals surface area contributed by atoms with Crippen LogP contribution in [0.15, 0.2) is 121 Å². The fourth-order valence-electron chi connectivity index (χ4n) is 14.6. The van der Waals surface area contributed by atoms with Gasteiger partial charge in [-0.25, -0.2) is 14.4 Å². The molecule has 3 saturated carbocycles. The molecular weight excluding hydrogens is 999 g/mol. The molecule has 3 aromatic carbocycles. The highest BCUT2D eigenvalue weighted by Crippen LogP contribution is 2.61. The Balaban J connectivity index is 0.000000159. The van der Waals surface area contributed by atoms with Crippen molar-refractivity contribution >= 4 is 17.9 Å². The standard InChI is InChI=1S/C26H36O2.C25H34O2.C23H27NO2/c1-7-12-26(17-20(26)9-8-18(2)15-23(27)28)19-10-11-21-22(16-19)25(5,6)14-13-24(21,3)4;1-7-25(16-19(25)9-8-17(2)14-22(26)27)18-10-11-20-21(15-18)24(5,6)13-12-23(20,3)4;1-21(2)9-10-22(3,4)18-13-16(6-7-17(18)21)23(11-12-23)19-8-5-15(14-24-19)20(25)26/h8-11,15-16,20H,7,12-14,17H2,1-6H3,(H,27,28);8-11,14-15,19H,7,12-13,16H2,1-6H3,(H,26,27);5-8,13-14H,9-12H2,1-4H3,(H,25,26)/b9-8+,18-15+;9-8+,17-14+;/t20-,26-;19-,25-;/m11./s1. The summed E-state index contributed by atoms with van der Waals surface area (Å²) in [7, 11) is 0. The maximum atomic E-state index is 11.1. The van der Waals surface area contributed by atoms with Crippen LogP contribution < -0.4 is 0 Å². The Morgan fingerprint density at radius 2 is 0.864 bits per heavy atom. The van der Waals surface area contributed by atoms with Gasteiger partial charge >= 0.3 is 17.9 Å². The second kappa shape index (κ2) is 22.1. The van der Waals surface area contributed by atoms with E-state index in [2.05, 4.69) is 169 Å². The fraction of sp³-hybridized carbons (Fsp3) is 0.541. The highest BCUT2D eigenvalue weighted by molar-refractivity contribution is 5.87. The molecule has 0 spiro atoms. The molecule has 6 aliphatic carbocycles. The van der Waals surface area contributed by atoms with Crippen molar-refractivity contribution in [1.29, 1.82) is 0 Å². The summed E-state index contributed by atoms with van der Waals surface area (Å²) >= 11 is 0. The average Bonchev–Trinajstić information content (AvgIpc) is 4.45. The molecule has 0 unspecified atom stereocenters. The first-order valence-electron chi connectivity index (χ1n) is 30.5. The van der Waals surface area contributed by atoms with E-state index in [9.17, 15) is 14.4 Å². The Morgan fingerprint density at radius 1 is 0.494 bits per heavy atom. The lowest BCUT2D eigenvalue weighted by molar-refractivity contribution is -0.132. The number of carboxylic acids is 3. The Kier molecular flexibility index (Phi) is 16.7. The predicted molar refractivity (Wildman–Crippen MR) is 332 cm³/mol. The SMILES string of the molecule is CC1(C)CCC(C)(C)c2cc(C3(c4ccc(C(=O)O)cn4)CC3)ccc21.CCC[C@]1(c2ccc3c(c2)C(C)(C)CCC3(C)C)C[C@H]1/C=C/C(C)=C/C(=O)O.CC[C@]1(c2ccc3c(c2)C(C)(C)CCC3(C)C)C[C@H]1/C=C/C(C)=C/C(=O)O. The second-order valence-electron chi connectivity index (χ2n) is 29.6. The monoisotopic (exact) mass is 1100 g/mol. The van der Waals surface area contributed by atoms with Gasteiger partial charge in [-0.1, -0.05) is 182 Å². The normalized spacial score (nSPS) is 26.3. The van der Waals surface area contributed by atoms with Crippen molar-refractivity contribution in [3.8, 4) is 0 Å². The number of aliphatic carboxylic acids is 2. The van der Waals surface area contributed by atoms with Gasteiger partial charge in [0.2, 0.25) is 0 Å². The van der Waals surface area contributed by atoms with Crippen LogP contribution in [0, 0.1) is 11.8 Å². The quantitative estimate of drug-likeness (QED) is 0.0848. The van der Waals surface area contributed by atoms with E-state index in [1.54, 1.807) is 6.07 Å². The lowest BCUT2D eigenvalue weighted by Gasteiger charge is -2.42. The number of hydrogen-bond donors (Lipinski definition) is 3. The van der Waals surface area contributed by atoms with Gasteiger partial charge in [0.15, 0.2) is 0 Å². The molecule has 1 aromatic heterocycles. The number of pyridine rings is 1. The van der Waals surface area contributed by atoms with Crippen molar-refractivity contribution < 1.29 is 29.7 Å². The van der Waals surface area contributed by atoms with Gasteiger partial charge < -0.3 is 15.3 Å². The second-order valence-corrected chi connectivity index (χ2v) is 29.6. The van der Waals surface area contributed by atoms with Gasteiger partial charge in [0.25, 0.3) is 0 Å². The molecule has 10 rings (SSSR count). The third-order valence-corrected chi connectivity index (χ3v) is 21.0. The van der Waals surface area contributed by atoms with Gasteiger partial charge in [0, 0.05) is 34.6 Å². The summed E-state index contributed by atoms with van der Waals surface area (Å²) in [5.74, 6) is -1.68. The molecule has 4 atom stereocenters. The van der Waals surface area contributed by atoms with Crippen LogP contribution in [0.5, 0.6) is 0 Å². The molecule has 0 aliphatic heterocycles. The number of carboxylic acid groups (broad SMARTS) is 3. The smallest absolute Gasteiger partial charge is 0.337 e. The molecule has 0 bridgehead atoms. The largest absolute Gasteiger partial charge is 0.478 e. The number of nitrogens with zero attached hydrogens (tertiary/aromatic N) is 1. The van der Waals surface area contributed by atoms with Gasteiger partial charge in [-0.05, 0) is 209 Å². The highest BCUT2D eigenvalue weighted by atomic mass is 16.4. The van der Waals surface area contributed by atoms with Crippen molar-refractivity contribution in [2.45, 2.75) is 243 Å². The van der Waals surface area contributed by atoms with Gasteiger partial charge in [-0.3, -0.25) is 4.98 Å². The minimum atomic E-state index is -0.924. The van der Waals surface area contributed by atoms with Crippen LogP contribution >= 0.6 is 0 Å². The van der Waals surface area contributed by atoms with E-state index in [1.165, 1.54) is 126 Å². The first-order valence-corrected chi connectivity index (χ1v) is 30.5. The van der Waals surface area contributed by atoms with Gasteiger partial charge in [0.1, 0.15) is 0 Å². The Morgan fingerprint density at radius 3 is 1.22 bits per heavy atom. The molecule has 7 nitrogen and oxygen atoms in total. The number of fused-ring (bicyclic) bond motifs is 3. The summed E-state index contributed by atoms with van der Waals surface area (Å²) < 4.78 is 0. The van der Waals surface area contributed by atoms with Crippen molar-refractivity contribution in [3.63, 3.8) is 0 Å². The maximum Gasteiger partial charge on any atom is 0.337 e. The summed E-state index contributed by atoms with van der Waals surface area (Å²) in [6, 6.07) is 25.1. The van der Waals surface area contributed by atoms with Crippen LogP contribution in [0.2, 0.25) is 0 Å². The van der Waals surface area contributed by atoms with Gasteiger partial charge in [-0.2, -0.15) is 0 Å². The number of aromatic carboxylic acids is 1. The maximum absolute atomic E-state index is 11.1. The molecule has 1 heterocycles. The van der Waals surface area contributed by atoms with Crippen LogP contribution in [0.4, 0.5) is 0 Å². The molecule has 0 radical (unpaired) electrons. The Hall–Kier alpha value is -5.82. The van der Waals surface area contributed by atoms with Crippen LogP contribution in [-0.4, -0.2) is 38.2 Å². The summed E-state index contributed by atoms with van der Waals surface area (Å²) in [4.78, 5) is 37.3. The number of allylic oxidation sites excluding steroid dienone is 6. The van der Waals surface area contributed by atoms with Crippen LogP contribution in [0.3, 0.4) is 0 Å². The predicted octanol–water partition coefficient (Wildman–Crippen LogP) is 18.2. The van der Waals surface area contributed by atoms with Crippen LogP contribution in [0.25, 0.3) is 0 Å².